The summed E-state index contributed by atoms with van der Waals surface area (Å²) in [5.41, 5.74) is 0.626. The van der Waals surface area contributed by atoms with Gasteiger partial charge in [-0.05, 0) is 30.3 Å². The zero-order valence-corrected chi connectivity index (χ0v) is 11.3. The molecule has 1 aliphatic heterocycles. The van der Waals surface area contributed by atoms with E-state index in [2.05, 4.69) is 4.40 Å². The summed E-state index contributed by atoms with van der Waals surface area (Å²) in [5, 5.41) is 9.68. The second-order valence-corrected chi connectivity index (χ2v) is 6.60. The van der Waals surface area contributed by atoms with Crippen LogP contribution in [0.1, 0.15) is 5.56 Å². The SMILES string of the molecule is O=S1(=O)N=C(Sc2ccc(O)cc2)c2ccccc21. The number of aromatic hydroxyl groups is 1. The Labute approximate surface area is 114 Å². The number of nitrogens with zero attached hydrogens (tertiary/aromatic N) is 1. The van der Waals surface area contributed by atoms with Gasteiger partial charge in [0.1, 0.15) is 10.8 Å². The van der Waals surface area contributed by atoms with Crippen LogP contribution in [0, 0.1) is 0 Å². The molecule has 0 saturated carbocycles. The first-order chi connectivity index (χ1) is 9.06. The van der Waals surface area contributed by atoms with Gasteiger partial charge in [0.05, 0.1) is 4.90 Å². The van der Waals surface area contributed by atoms with Crippen LogP contribution in [0.25, 0.3) is 0 Å². The molecule has 4 nitrogen and oxygen atoms in total. The molecular formula is C13H9NO3S2. The molecular weight excluding hydrogens is 282 g/mol. The molecule has 0 fully saturated rings. The van der Waals surface area contributed by atoms with Gasteiger partial charge in [-0.15, -0.1) is 0 Å². The molecule has 1 N–H and O–H groups in total. The molecule has 19 heavy (non-hydrogen) atoms. The van der Waals surface area contributed by atoms with Crippen molar-refractivity contribution >= 4 is 26.8 Å². The van der Waals surface area contributed by atoms with E-state index in [1.54, 1.807) is 48.5 Å². The van der Waals surface area contributed by atoms with Gasteiger partial charge in [-0.1, -0.05) is 30.0 Å². The van der Waals surface area contributed by atoms with Crippen molar-refractivity contribution in [3.05, 3.63) is 54.1 Å². The highest BCUT2D eigenvalue weighted by molar-refractivity contribution is 8.15. The Morgan fingerprint density at radius 2 is 1.68 bits per heavy atom. The molecule has 0 saturated heterocycles. The Hall–Kier alpha value is -1.79. The molecule has 2 aromatic carbocycles. The molecule has 0 bridgehead atoms. The van der Waals surface area contributed by atoms with E-state index in [0.29, 0.717) is 10.6 Å². The average Bonchev–Trinajstić information content (AvgIpc) is 2.65. The van der Waals surface area contributed by atoms with Gasteiger partial charge in [-0.25, -0.2) is 0 Å². The summed E-state index contributed by atoms with van der Waals surface area (Å²) < 4.78 is 27.5. The van der Waals surface area contributed by atoms with Crippen molar-refractivity contribution in [2.24, 2.45) is 4.40 Å². The van der Waals surface area contributed by atoms with Crippen molar-refractivity contribution in [2.75, 3.05) is 0 Å². The van der Waals surface area contributed by atoms with Gasteiger partial charge in [0, 0.05) is 10.5 Å². The van der Waals surface area contributed by atoms with Gasteiger partial charge in [-0.3, -0.25) is 0 Å². The summed E-state index contributed by atoms with van der Waals surface area (Å²) in [6.45, 7) is 0. The molecule has 0 amide bonds. The van der Waals surface area contributed by atoms with Gasteiger partial charge in [0.2, 0.25) is 0 Å². The van der Waals surface area contributed by atoms with E-state index >= 15 is 0 Å². The quantitative estimate of drug-likeness (QED) is 0.877. The molecule has 3 rings (SSSR count). The fourth-order valence-electron chi connectivity index (χ4n) is 1.78. The Balaban J connectivity index is 2.01. The lowest BCUT2D eigenvalue weighted by Crippen LogP contribution is -1.93. The predicted octanol–water partition coefficient (Wildman–Crippen LogP) is 2.63. The van der Waals surface area contributed by atoms with E-state index in [9.17, 15) is 13.5 Å². The number of benzene rings is 2. The Morgan fingerprint density at radius 1 is 1.00 bits per heavy atom. The highest BCUT2D eigenvalue weighted by Crippen LogP contribution is 2.34. The van der Waals surface area contributed by atoms with Crippen LogP contribution >= 0.6 is 11.8 Å². The van der Waals surface area contributed by atoms with Crippen LogP contribution in [-0.4, -0.2) is 18.6 Å². The van der Waals surface area contributed by atoms with E-state index in [1.807, 2.05) is 0 Å². The predicted molar refractivity (Wildman–Crippen MR) is 74.1 cm³/mol. The third kappa shape index (κ3) is 2.24. The van der Waals surface area contributed by atoms with E-state index in [-0.39, 0.29) is 10.6 Å². The summed E-state index contributed by atoms with van der Waals surface area (Å²) >= 11 is 1.26. The monoisotopic (exact) mass is 291 g/mol. The number of phenolic OH excluding ortho intramolecular Hbond substituents is 1. The van der Waals surface area contributed by atoms with Crippen molar-refractivity contribution in [3.63, 3.8) is 0 Å². The molecule has 1 heterocycles. The van der Waals surface area contributed by atoms with Crippen LogP contribution in [0.4, 0.5) is 0 Å². The largest absolute Gasteiger partial charge is 0.508 e. The van der Waals surface area contributed by atoms with Gasteiger partial charge in [0.15, 0.2) is 0 Å². The Morgan fingerprint density at radius 3 is 2.42 bits per heavy atom. The Bertz CT molecular complexity index is 765. The molecule has 2 aromatic rings. The second-order valence-electron chi connectivity index (χ2n) is 3.96. The van der Waals surface area contributed by atoms with Crippen LogP contribution in [0.2, 0.25) is 0 Å². The third-order valence-corrected chi connectivity index (χ3v) is 5.11. The van der Waals surface area contributed by atoms with E-state index in [4.69, 9.17) is 0 Å². The van der Waals surface area contributed by atoms with Crippen molar-refractivity contribution in [2.45, 2.75) is 9.79 Å². The maximum atomic E-state index is 11.9. The van der Waals surface area contributed by atoms with Crippen molar-refractivity contribution < 1.29 is 13.5 Å². The number of phenols is 1. The van der Waals surface area contributed by atoms with Crippen LogP contribution in [0.3, 0.4) is 0 Å². The Kier molecular flexibility index (Phi) is 2.83. The lowest BCUT2D eigenvalue weighted by molar-refractivity contribution is 0.475. The fourth-order valence-corrected chi connectivity index (χ4v) is 4.17. The van der Waals surface area contributed by atoms with Gasteiger partial charge < -0.3 is 5.11 Å². The standard InChI is InChI=1S/C13H9NO3S2/c15-9-5-7-10(8-6-9)18-13-11-3-1-2-4-12(11)19(16,17)14-13/h1-8,15H. The lowest BCUT2D eigenvalue weighted by atomic mass is 10.2. The number of fused-ring (bicyclic) bond motifs is 1. The van der Waals surface area contributed by atoms with Crippen molar-refractivity contribution in [1.82, 2.24) is 0 Å². The highest BCUT2D eigenvalue weighted by Gasteiger charge is 2.28. The number of sulfonamides is 1. The maximum absolute atomic E-state index is 11.9. The molecule has 1 aliphatic rings. The first kappa shape index (κ1) is 12.3. The van der Waals surface area contributed by atoms with Crippen LogP contribution in [0.5, 0.6) is 5.75 Å². The minimum atomic E-state index is -3.57. The molecule has 6 heteroatoms. The molecule has 0 aromatic heterocycles. The van der Waals surface area contributed by atoms with E-state index < -0.39 is 10.0 Å². The number of rotatable bonds is 1. The topological polar surface area (TPSA) is 66.7 Å². The normalized spacial score (nSPS) is 15.9. The second kappa shape index (κ2) is 4.40. The fraction of sp³-hybridized carbons (Fsp3) is 0. The molecule has 0 atom stereocenters. The summed E-state index contributed by atoms with van der Waals surface area (Å²) in [6.07, 6.45) is 0. The number of thioether (sulfide) groups is 1. The van der Waals surface area contributed by atoms with Gasteiger partial charge in [0.25, 0.3) is 10.0 Å². The van der Waals surface area contributed by atoms with E-state index in [1.165, 1.54) is 11.8 Å². The average molecular weight is 291 g/mol. The summed E-state index contributed by atoms with van der Waals surface area (Å²) in [5.74, 6) is 0.172. The summed E-state index contributed by atoms with van der Waals surface area (Å²) in [7, 11) is -3.57. The zero-order chi connectivity index (χ0) is 13.5. The molecule has 0 radical (unpaired) electrons. The number of hydrogen-bond acceptors (Lipinski definition) is 4. The van der Waals surface area contributed by atoms with Crippen LogP contribution < -0.4 is 0 Å². The minimum Gasteiger partial charge on any atom is -0.508 e. The highest BCUT2D eigenvalue weighted by atomic mass is 32.2. The molecule has 0 spiro atoms. The summed E-state index contributed by atoms with van der Waals surface area (Å²) in [6, 6.07) is 13.3. The van der Waals surface area contributed by atoms with Crippen molar-refractivity contribution in [3.8, 4) is 5.75 Å². The first-order valence-corrected chi connectivity index (χ1v) is 7.73. The molecule has 0 aliphatic carbocycles. The van der Waals surface area contributed by atoms with Gasteiger partial charge >= 0.3 is 0 Å². The van der Waals surface area contributed by atoms with Gasteiger partial charge in [-0.2, -0.15) is 12.8 Å². The van der Waals surface area contributed by atoms with E-state index in [0.717, 1.165) is 4.90 Å². The zero-order valence-electron chi connectivity index (χ0n) is 9.65. The van der Waals surface area contributed by atoms with Crippen LogP contribution in [-0.2, 0) is 10.0 Å². The third-order valence-electron chi connectivity index (χ3n) is 2.65. The lowest BCUT2D eigenvalue weighted by Gasteiger charge is -2.02. The van der Waals surface area contributed by atoms with Crippen LogP contribution in [0.15, 0.2) is 62.7 Å². The summed E-state index contributed by atoms with van der Waals surface area (Å²) in [4.78, 5) is 1.07. The number of hydrogen-bond donors (Lipinski definition) is 1. The first-order valence-electron chi connectivity index (χ1n) is 5.47. The molecule has 96 valence electrons. The maximum Gasteiger partial charge on any atom is 0.284 e. The van der Waals surface area contributed by atoms with Crippen molar-refractivity contribution in [1.29, 1.82) is 0 Å². The molecule has 0 unspecified atom stereocenters. The smallest absolute Gasteiger partial charge is 0.284 e. The minimum absolute atomic E-state index is 0.172.